The van der Waals surface area contributed by atoms with Crippen molar-refractivity contribution >= 4 is 51.3 Å². The number of nitrogens with zero attached hydrogens (tertiary/aromatic N) is 4. The number of hydrogen-bond acceptors (Lipinski definition) is 12. The first-order valence-corrected chi connectivity index (χ1v) is 14.6. The highest BCUT2D eigenvalue weighted by atomic mass is 32.2. The van der Waals surface area contributed by atoms with Crippen LogP contribution in [0.2, 0.25) is 0 Å². The lowest BCUT2D eigenvalue weighted by Gasteiger charge is -2.56. The lowest BCUT2D eigenvalue weighted by atomic mass is 9.96. The fourth-order valence-electron chi connectivity index (χ4n) is 4.10. The number of primary sulfonamides is 1. The van der Waals surface area contributed by atoms with Crippen molar-refractivity contribution in [1.82, 2.24) is 30.8 Å². The van der Waals surface area contributed by atoms with E-state index in [9.17, 15) is 33.0 Å². The molecule has 0 radical (unpaired) electrons. The highest BCUT2D eigenvalue weighted by Gasteiger charge is 2.67. The van der Waals surface area contributed by atoms with Gasteiger partial charge in [-0.05, 0) is 28.0 Å². The number of thioether (sulfide) groups is 2. The molecule has 2 aliphatic heterocycles. The van der Waals surface area contributed by atoms with Crippen LogP contribution in [0, 0.1) is 0 Å². The van der Waals surface area contributed by atoms with E-state index in [1.807, 2.05) is 0 Å². The number of nitrogens with two attached hydrogens (primary N) is 1. The minimum Gasteiger partial charge on any atom is -0.477 e. The normalized spacial score (nSPS) is 22.9. The molecule has 6 N–H and O–H groups in total. The summed E-state index contributed by atoms with van der Waals surface area (Å²) in [5.74, 6) is -3.62. The number of aliphatic hydroxyl groups excluding tert-OH is 1. The number of sulfonamides is 1. The molecule has 18 heteroatoms. The van der Waals surface area contributed by atoms with Gasteiger partial charge in [0.25, 0.3) is 17.5 Å². The first-order valence-electron chi connectivity index (χ1n) is 10.9. The van der Waals surface area contributed by atoms with Gasteiger partial charge in [-0.2, -0.15) is 0 Å². The standard InChI is InChI=1S/C20H23N7O8S3/c1-35-20(22-15(29)14(28)10-5-3-2-4-6-10)17(32)27-13(16(30)31)11(9-36-18(20)27)12(7-8-38(21,33)34)37-19-23-25-26-24-19/h2-6,12,14,18,28H,7-9H2,1H3,(H,22,29)(H,30,31)(H2,21,33,34)(H,23,24,25,26)/t12?,14?,18-,20-/m0/s1. The Labute approximate surface area is 224 Å². The van der Waals surface area contributed by atoms with Crippen LogP contribution in [0.4, 0.5) is 0 Å². The van der Waals surface area contributed by atoms with Gasteiger partial charge in [0.05, 0.1) is 5.75 Å². The number of carboxylic acids is 1. The smallest absolute Gasteiger partial charge is 0.352 e. The molecule has 15 nitrogen and oxygen atoms in total. The van der Waals surface area contributed by atoms with Crippen molar-refractivity contribution < 1.29 is 37.8 Å². The number of aromatic nitrogens is 4. The third-order valence-electron chi connectivity index (χ3n) is 5.89. The molecule has 2 aliphatic rings. The predicted octanol–water partition coefficient (Wildman–Crippen LogP) is -1.21. The summed E-state index contributed by atoms with van der Waals surface area (Å²) in [4.78, 5) is 39.6. The summed E-state index contributed by atoms with van der Waals surface area (Å²) >= 11 is 2.10. The molecule has 204 valence electrons. The number of tetrazole rings is 1. The van der Waals surface area contributed by atoms with Gasteiger partial charge < -0.3 is 20.3 Å². The van der Waals surface area contributed by atoms with Crippen LogP contribution in [-0.2, 0) is 29.1 Å². The number of β-lactam (4-membered cyclic amide) rings is 1. The highest BCUT2D eigenvalue weighted by Crippen LogP contribution is 2.49. The molecule has 1 fully saturated rings. The van der Waals surface area contributed by atoms with Crippen LogP contribution < -0.4 is 10.5 Å². The maximum absolute atomic E-state index is 13.4. The molecule has 3 heterocycles. The van der Waals surface area contributed by atoms with E-state index in [4.69, 9.17) is 9.88 Å². The molecule has 4 atom stereocenters. The molecule has 4 rings (SSSR count). The second-order valence-electron chi connectivity index (χ2n) is 8.23. The van der Waals surface area contributed by atoms with Gasteiger partial charge in [0.1, 0.15) is 11.1 Å². The Morgan fingerprint density at radius 1 is 1.39 bits per heavy atom. The first-order chi connectivity index (χ1) is 18.0. The zero-order valence-electron chi connectivity index (χ0n) is 19.7. The number of aliphatic carboxylic acids is 1. The number of H-pyrrole nitrogens is 1. The molecule has 2 unspecified atom stereocenters. The van der Waals surface area contributed by atoms with Crippen molar-refractivity contribution in [1.29, 1.82) is 0 Å². The van der Waals surface area contributed by atoms with Crippen LogP contribution in [0.15, 0.2) is 46.8 Å². The van der Waals surface area contributed by atoms with Crippen LogP contribution >= 0.6 is 23.5 Å². The average molecular weight is 586 g/mol. The minimum absolute atomic E-state index is 0.0438. The third-order valence-corrected chi connectivity index (χ3v) is 9.23. The summed E-state index contributed by atoms with van der Waals surface area (Å²) in [5, 5.41) is 39.8. The number of nitrogens with one attached hydrogen (secondary N) is 2. The number of rotatable bonds is 11. The van der Waals surface area contributed by atoms with Gasteiger partial charge >= 0.3 is 5.97 Å². The molecular formula is C20H23N7O8S3. The van der Waals surface area contributed by atoms with E-state index in [-0.39, 0.29) is 28.6 Å². The number of amides is 2. The Morgan fingerprint density at radius 3 is 2.68 bits per heavy atom. The van der Waals surface area contributed by atoms with Crippen LogP contribution in [0.25, 0.3) is 0 Å². The zero-order valence-corrected chi connectivity index (χ0v) is 22.1. The van der Waals surface area contributed by atoms with Crippen LogP contribution in [0.5, 0.6) is 0 Å². The highest BCUT2D eigenvalue weighted by molar-refractivity contribution is 8.01. The summed E-state index contributed by atoms with van der Waals surface area (Å²) in [6.45, 7) is 0. The number of carbonyl (C=O) groups is 3. The Bertz CT molecular complexity index is 1360. The predicted molar refractivity (Wildman–Crippen MR) is 133 cm³/mol. The second kappa shape index (κ2) is 11.0. The van der Waals surface area contributed by atoms with Crippen LogP contribution in [0.3, 0.4) is 0 Å². The fourth-order valence-corrected chi connectivity index (χ4v) is 7.45. The van der Waals surface area contributed by atoms with Crippen molar-refractivity contribution in [2.24, 2.45) is 5.14 Å². The SMILES string of the molecule is CO[C@@]1(NC(=O)C(O)c2ccccc2)C(=O)N2C(C(=O)O)=C(C(CCS(N)(=O)=O)Sc3nnn[nH]3)CS[C@H]21. The van der Waals surface area contributed by atoms with E-state index >= 15 is 0 Å². The number of carboxylic acid groups (broad SMARTS) is 1. The van der Waals surface area contributed by atoms with E-state index in [1.165, 1.54) is 19.2 Å². The number of benzene rings is 1. The molecule has 1 aromatic carbocycles. The van der Waals surface area contributed by atoms with E-state index in [1.54, 1.807) is 18.2 Å². The van der Waals surface area contributed by atoms with Gasteiger partial charge in [0, 0.05) is 18.1 Å². The number of methoxy groups -OCH3 is 1. The fraction of sp³-hybridized carbons (Fsp3) is 0.400. The van der Waals surface area contributed by atoms with Gasteiger partial charge in [-0.25, -0.2) is 23.4 Å². The number of hydrogen-bond donors (Lipinski definition) is 5. The van der Waals surface area contributed by atoms with Gasteiger partial charge in [0.2, 0.25) is 15.2 Å². The molecule has 0 spiro atoms. The quantitative estimate of drug-likeness (QED) is 0.118. The number of fused-ring (bicyclic) bond motifs is 1. The lowest BCUT2D eigenvalue weighted by molar-refractivity contribution is -0.194. The molecule has 0 saturated carbocycles. The molecule has 1 aromatic heterocycles. The van der Waals surface area contributed by atoms with E-state index < -0.39 is 56.0 Å². The van der Waals surface area contributed by atoms with Crippen LogP contribution in [0.1, 0.15) is 18.1 Å². The van der Waals surface area contributed by atoms with Gasteiger partial charge in [0.15, 0.2) is 6.10 Å². The van der Waals surface area contributed by atoms with Crippen molar-refractivity contribution in [2.45, 2.75) is 34.0 Å². The number of ether oxygens (including phenoxy) is 1. The van der Waals surface area contributed by atoms with E-state index in [0.29, 0.717) is 5.56 Å². The number of aliphatic hydroxyl groups is 1. The summed E-state index contributed by atoms with van der Waals surface area (Å²) in [5.41, 5.74) is -1.76. The topological polar surface area (TPSA) is 231 Å². The Balaban J connectivity index is 1.64. The minimum atomic E-state index is -3.89. The van der Waals surface area contributed by atoms with Gasteiger partial charge in [-0.15, -0.1) is 16.9 Å². The maximum Gasteiger partial charge on any atom is 0.352 e. The van der Waals surface area contributed by atoms with Gasteiger partial charge in [-0.3, -0.25) is 14.5 Å². The van der Waals surface area contributed by atoms with Crippen molar-refractivity contribution in [3.63, 3.8) is 0 Å². The van der Waals surface area contributed by atoms with Crippen molar-refractivity contribution in [2.75, 3.05) is 18.6 Å². The van der Waals surface area contributed by atoms with Crippen LogP contribution in [-0.4, -0.2) is 96.9 Å². The molecule has 2 aromatic rings. The zero-order chi connectivity index (χ0) is 27.7. The van der Waals surface area contributed by atoms with Crippen molar-refractivity contribution in [3.05, 3.63) is 47.2 Å². The molecule has 0 aliphatic carbocycles. The summed E-state index contributed by atoms with van der Waals surface area (Å²) in [6, 6.07) is 8.05. The number of carbonyl (C=O) groups excluding carboxylic acids is 2. The number of aromatic amines is 1. The molecular weight excluding hydrogens is 562 g/mol. The summed E-state index contributed by atoms with van der Waals surface area (Å²) < 4.78 is 28.7. The molecule has 0 bridgehead atoms. The Hall–Kier alpha value is -3.03. The summed E-state index contributed by atoms with van der Waals surface area (Å²) in [6.07, 6.45) is -1.68. The Kier molecular flexibility index (Phi) is 8.09. The largest absolute Gasteiger partial charge is 0.477 e. The molecule has 2 amide bonds. The van der Waals surface area contributed by atoms with Gasteiger partial charge in [-0.1, -0.05) is 42.1 Å². The molecule has 38 heavy (non-hydrogen) atoms. The summed E-state index contributed by atoms with van der Waals surface area (Å²) in [7, 11) is -2.70. The molecule has 1 saturated heterocycles. The second-order valence-corrected chi connectivity index (χ2v) is 12.2. The average Bonchev–Trinajstić information content (AvgIpc) is 3.41. The Morgan fingerprint density at radius 2 is 2.11 bits per heavy atom. The monoisotopic (exact) mass is 585 g/mol. The van der Waals surface area contributed by atoms with Crippen molar-refractivity contribution in [3.8, 4) is 0 Å². The van der Waals surface area contributed by atoms with E-state index in [2.05, 4.69) is 25.9 Å². The van der Waals surface area contributed by atoms with E-state index in [0.717, 1.165) is 28.4 Å². The first kappa shape index (κ1) is 28.0. The third kappa shape index (κ3) is 5.40. The lowest BCUT2D eigenvalue weighted by Crippen LogP contribution is -2.81. The maximum atomic E-state index is 13.4.